The van der Waals surface area contributed by atoms with E-state index in [1.54, 1.807) is 29.2 Å². The Morgan fingerprint density at radius 1 is 1.35 bits per heavy atom. The van der Waals surface area contributed by atoms with E-state index in [4.69, 9.17) is 5.73 Å². The molecule has 1 atom stereocenters. The van der Waals surface area contributed by atoms with Gasteiger partial charge in [0.25, 0.3) is 0 Å². The first-order valence-electron chi connectivity index (χ1n) is 8.43. The minimum atomic E-state index is -0.224. The van der Waals surface area contributed by atoms with Crippen molar-refractivity contribution in [2.24, 2.45) is 11.1 Å². The highest BCUT2D eigenvalue weighted by Crippen LogP contribution is 2.46. The number of piperidine rings is 1. The maximum atomic E-state index is 14.4. The van der Waals surface area contributed by atoms with E-state index in [1.807, 2.05) is 12.1 Å². The molecule has 2 fully saturated rings. The zero-order valence-corrected chi connectivity index (χ0v) is 13.3. The fourth-order valence-corrected chi connectivity index (χ4v) is 4.07. The van der Waals surface area contributed by atoms with E-state index in [-0.39, 0.29) is 5.82 Å². The Hall–Kier alpha value is -1.72. The number of nitrogens with two attached hydrogens (primary N) is 1. The molecule has 0 amide bonds. The van der Waals surface area contributed by atoms with E-state index in [1.165, 1.54) is 19.3 Å². The zero-order valence-electron chi connectivity index (χ0n) is 13.3. The first-order valence-corrected chi connectivity index (χ1v) is 8.43. The molecule has 2 N–H and O–H groups in total. The third kappa shape index (κ3) is 2.68. The predicted molar refractivity (Wildman–Crippen MR) is 87.7 cm³/mol. The lowest BCUT2D eigenvalue weighted by molar-refractivity contribution is -0.00279. The first-order chi connectivity index (χ1) is 11.2. The van der Waals surface area contributed by atoms with Crippen LogP contribution in [0.4, 0.5) is 4.39 Å². The molecule has 5 heteroatoms. The summed E-state index contributed by atoms with van der Waals surface area (Å²) in [5.74, 6) is -0.224. The normalized spacial score (nSPS) is 23.8. The molecule has 1 saturated carbocycles. The van der Waals surface area contributed by atoms with E-state index in [9.17, 15) is 4.39 Å². The molecule has 1 aromatic heterocycles. The van der Waals surface area contributed by atoms with Crippen LogP contribution < -0.4 is 5.73 Å². The van der Waals surface area contributed by atoms with Gasteiger partial charge in [-0.1, -0.05) is 12.5 Å². The molecule has 2 heterocycles. The van der Waals surface area contributed by atoms with Crippen LogP contribution in [0, 0.1) is 11.2 Å². The third-order valence-electron chi connectivity index (χ3n) is 5.60. The summed E-state index contributed by atoms with van der Waals surface area (Å²) in [5, 5.41) is 4.09. The Bertz CT molecular complexity index is 678. The lowest BCUT2D eigenvalue weighted by Gasteiger charge is -2.52. The van der Waals surface area contributed by atoms with Crippen molar-refractivity contribution >= 4 is 0 Å². The van der Waals surface area contributed by atoms with E-state index < -0.39 is 0 Å². The molecule has 1 saturated heterocycles. The number of likely N-dealkylation sites (tertiary alicyclic amines) is 1. The second-order valence-electron chi connectivity index (χ2n) is 7.06. The van der Waals surface area contributed by atoms with Crippen LogP contribution in [0.25, 0.3) is 5.69 Å². The average molecular weight is 314 g/mol. The van der Waals surface area contributed by atoms with Crippen LogP contribution in [0.5, 0.6) is 0 Å². The maximum absolute atomic E-state index is 14.4. The van der Waals surface area contributed by atoms with Crippen LogP contribution in [-0.4, -0.2) is 33.8 Å². The average Bonchev–Trinajstić information content (AvgIpc) is 3.02. The number of hydrogen-bond donors (Lipinski definition) is 1. The number of hydrogen-bond acceptors (Lipinski definition) is 3. The summed E-state index contributed by atoms with van der Waals surface area (Å²) in [6.45, 7) is 2.85. The van der Waals surface area contributed by atoms with Crippen LogP contribution in [0.15, 0.2) is 36.7 Å². The summed E-state index contributed by atoms with van der Waals surface area (Å²) in [5.41, 5.74) is 8.17. The van der Waals surface area contributed by atoms with Crippen molar-refractivity contribution in [2.75, 3.05) is 13.1 Å². The molecule has 4 rings (SSSR count). The van der Waals surface area contributed by atoms with Crippen LogP contribution in [0.1, 0.15) is 31.2 Å². The van der Waals surface area contributed by atoms with Gasteiger partial charge in [-0.15, -0.1) is 0 Å². The summed E-state index contributed by atoms with van der Waals surface area (Å²) in [6, 6.07) is 7.59. The highest BCUT2D eigenvalue weighted by molar-refractivity contribution is 5.35. The van der Waals surface area contributed by atoms with Gasteiger partial charge in [-0.25, -0.2) is 9.07 Å². The van der Waals surface area contributed by atoms with Gasteiger partial charge < -0.3 is 5.73 Å². The van der Waals surface area contributed by atoms with Crippen molar-refractivity contribution in [3.05, 3.63) is 48.0 Å². The van der Waals surface area contributed by atoms with Gasteiger partial charge in [-0.3, -0.25) is 4.90 Å². The van der Waals surface area contributed by atoms with Crippen LogP contribution in [0.3, 0.4) is 0 Å². The molecule has 23 heavy (non-hydrogen) atoms. The fourth-order valence-electron chi connectivity index (χ4n) is 4.07. The lowest BCUT2D eigenvalue weighted by Crippen LogP contribution is -2.58. The van der Waals surface area contributed by atoms with Crippen molar-refractivity contribution in [3.63, 3.8) is 0 Å². The number of aromatic nitrogens is 2. The Morgan fingerprint density at radius 2 is 2.22 bits per heavy atom. The van der Waals surface area contributed by atoms with Gasteiger partial charge in [0.05, 0.1) is 0 Å². The van der Waals surface area contributed by atoms with Crippen LogP contribution in [-0.2, 0) is 6.54 Å². The second kappa shape index (κ2) is 5.73. The Kier molecular flexibility index (Phi) is 3.70. The maximum Gasteiger partial charge on any atom is 0.149 e. The lowest BCUT2D eigenvalue weighted by atomic mass is 9.61. The smallest absolute Gasteiger partial charge is 0.149 e. The van der Waals surface area contributed by atoms with E-state index >= 15 is 0 Å². The molecule has 1 aliphatic carbocycles. The van der Waals surface area contributed by atoms with Crippen molar-refractivity contribution in [1.82, 2.24) is 14.7 Å². The molecular formula is C18H23FN4. The monoisotopic (exact) mass is 314 g/mol. The van der Waals surface area contributed by atoms with Crippen LogP contribution >= 0.6 is 0 Å². The predicted octanol–water partition coefficient (Wildman–Crippen LogP) is 2.71. The van der Waals surface area contributed by atoms with Crippen LogP contribution in [0.2, 0.25) is 0 Å². The van der Waals surface area contributed by atoms with Crippen molar-refractivity contribution < 1.29 is 4.39 Å². The Morgan fingerprint density at radius 3 is 2.87 bits per heavy atom. The summed E-state index contributed by atoms with van der Waals surface area (Å²) in [7, 11) is 0. The molecule has 2 aromatic rings. The number of halogens is 1. The third-order valence-corrected chi connectivity index (χ3v) is 5.60. The van der Waals surface area contributed by atoms with Crippen molar-refractivity contribution in [2.45, 2.75) is 38.3 Å². The SMILES string of the molecule is NC1CCN(Cc2ccc(-n3cccn3)c(F)c2)CC12CCC2. The van der Waals surface area contributed by atoms with Gasteiger partial charge in [0.2, 0.25) is 0 Å². The van der Waals surface area contributed by atoms with Crippen molar-refractivity contribution in [1.29, 1.82) is 0 Å². The molecule has 122 valence electrons. The first kappa shape index (κ1) is 14.8. The minimum absolute atomic E-state index is 0.224. The molecule has 0 bridgehead atoms. The topological polar surface area (TPSA) is 47.1 Å². The molecule has 4 nitrogen and oxygen atoms in total. The highest BCUT2D eigenvalue weighted by atomic mass is 19.1. The van der Waals surface area contributed by atoms with Gasteiger partial charge in [-0.2, -0.15) is 5.10 Å². The molecule has 1 unspecified atom stereocenters. The molecule has 1 aliphatic heterocycles. The number of benzene rings is 1. The summed E-state index contributed by atoms with van der Waals surface area (Å²) in [6.07, 6.45) is 8.25. The van der Waals surface area contributed by atoms with Gasteiger partial charge in [-0.05, 0) is 48.4 Å². The summed E-state index contributed by atoms with van der Waals surface area (Å²) >= 11 is 0. The van der Waals surface area contributed by atoms with Gasteiger partial charge in [0.15, 0.2) is 0 Å². The number of nitrogens with zero attached hydrogens (tertiary/aromatic N) is 3. The molecule has 1 aromatic carbocycles. The standard InChI is InChI=1S/C18H23FN4/c19-15-11-14(3-4-16(15)23-9-2-8-21-23)12-22-10-5-17(20)18(13-22)6-1-7-18/h2-4,8-9,11,17H,1,5-7,10,12-13,20H2. The minimum Gasteiger partial charge on any atom is -0.327 e. The molecule has 1 spiro atoms. The highest BCUT2D eigenvalue weighted by Gasteiger charge is 2.45. The molecular weight excluding hydrogens is 291 g/mol. The van der Waals surface area contributed by atoms with E-state index in [0.717, 1.165) is 31.6 Å². The Balaban J connectivity index is 1.48. The second-order valence-corrected chi connectivity index (χ2v) is 7.06. The fraction of sp³-hybridized carbons (Fsp3) is 0.500. The molecule has 2 aliphatic rings. The zero-order chi connectivity index (χ0) is 15.9. The van der Waals surface area contributed by atoms with Gasteiger partial charge >= 0.3 is 0 Å². The largest absolute Gasteiger partial charge is 0.327 e. The van der Waals surface area contributed by atoms with Gasteiger partial charge in [0, 0.05) is 38.1 Å². The Labute approximate surface area is 136 Å². The number of rotatable bonds is 3. The summed E-state index contributed by atoms with van der Waals surface area (Å²) in [4.78, 5) is 2.44. The van der Waals surface area contributed by atoms with Crippen molar-refractivity contribution in [3.8, 4) is 5.69 Å². The van der Waals surface area contributed by atoms with E-state index in [0.29, 0.717) is 17.1 Å². The van der Waals surface area contributed by atoms with Gasteiger partial charge in [0.1, 0.15) is 11.5 Å². The van der Waals surface area contributed by atoms with E-state index in [2.05, 4.69) is 10.00 Å². The quantitative estimate of drug-likeness (QED) is 0.947. The summed E-state index contributed by atoms with van der Waals surface area (Å²) < 4.78 is 15.9. The molecule has 0 radical (unpaired) electrons.